The number of benzene rings is 2. The minimum absolute atomic E-state index is 0.172. The van der Waals surface area contributed by atoms with Crippen LogP contribution in [-0.4, -0.2) is 4.57 Å². The normalized spacial score (nSPS) is 17.8. The second kappa shape index (κ2) is 7.44. The van der Waals surface area contributed by atoms with Gasteiger partial charge >= 0.3 is 0 Å². The smallest absolute Gasteiger partial charge is 0.205 e. The van der Waals surface area contributed by atoms with E-state index in [9.17, 15) is 5.26 Å². The summed E-state index contributed by atoms with van der Waals surface area (Å²) in [5.41, 5.74) is 10.7. The third-order valence-electron chi connectivity index (χ3n) is 5.45. The maximum absolute atomic E-state index is 9.88. The fourth-order valence-corrected chi connectivity index (χ4v) is 5.88. The molecule has 2 aromatic carbocycles. The number of aromatic nitrogens is 1. The summed E-state index contributed by atoms with van der Waals surface area (Å²) in [4.78, 5) is 1.06. The second-order valence-electron chi connectivity index (χ2n) is 7.13. The van der Waals surface area contributed by atoms with Crippen molar-refractivity contribution in [3.05, 3.63) is 96.9 Å². The van der Waals surface area contributed by atoms with Gasteiger partial charge in [-0.1, -0.05) is 41.9 Å². The van der Waals surface area contributed by atoms with Gasteiger partial charge in [-0.25, -0.2) is 0 Å². The SMILES string of the molecule is N#CC1=C(N)OC2=C(c3sc(=S)n(-c4ccccc4)c3CC2)C1c1ccc(Cl)cc1. The zero-order chi connectivity index (χ0) is 20.8. The molecule has 7 heteroatoms. The molecule has 1 aliphatic carbocycles. The Morgan fingerprint density at radius 3 is 2.57 bits per heavy atom. The molecule has 1 unspecified atom stereocenters. The predicted octanol–water partition coefficient (Wildman–Crippen LogP) is 6.09. The number of nitrogens with two attached hydrogens (primary N) is 1. The lowest BCUT2D eigenvalue weighted by Gasteiger charge is -2.32. The van der Waals surface area contributed by atoms with Crippen molar-refractivity contribution < 1.29 is 4.74 Å². The Labute approximate surface area is 188 Å². The summed E-state index contributed by atoms with van der Waals surface area (Å²) < 4.78 is 8.84. The Hall–Kier alpha value is -2.85. The van der Waals surface area contributed by atoms with Gasteiger partial charge in [-0.3, -0.25) is 4.57 Å². The van der Waals surface area contributed by atoms with Crippen LogP contribution in [0, 0.1) is 15.3 Å². The van der Waals surface area contributed by atoms with Crippen LogP contribution in [0.1, 0.15) is 28.5 Å². The summed E-state index contributed by atoms with van der Waals surface area (Å²) in [6.45, 7) is 0. The van der Waals surface area contributed by atoms with Gasteiger partial charge in [-0.2, -0.15) is 5.26 Å². The first-order valence-corrected chi connectivity index (χ1v) is 11.1. The predicted molar refractivity (Wildman–Crippen MR) is 122 cm³/mol. The van der Waals surface area contributed by atoms with E-state index in [0.717, 1.165) is 43.5 Å². The van der Waals surface area contributed by atoms with E-state index >= 15 is 0 Å². The molecule has 0 saturated carbocycles. The van der Waals surface area contributed by atoms with E-state index in [4.69, 9.17) is 34.3 Å². The van der Waals surface area contributed by atoms with Crippen molar-refractivity contribution in [2.24, 2.45) is 5.73 Å². The number of para-hydroxylation sites is 1. The highest BCUT2D eigenvalue weighted by molar-refractivity contribution is 7.73. The van der Waals surface area contributed by atoms with Crippen molar-refractivity contribution in [3.63, 3.8) is 0 Å². The molecule has 0 bridgehead atoms. The van der Waals surface area contributed by atoms with Gasteiger partial charge in [-0.15, -0.1) is 11.3 Å². The van der Waals surface area contributed by atoms with Crippen molar-refractivity contribution in [1.82, 2.24) is 4.57 Å². The van der Waals surface area contributed by atoms with E-state index in [1.54, 1.807) is 11.3 Å². The molecule has 1 atom stereocenters. The fourth-order valence-electron chi connectivity index (χ4n) is 4.15. The summed E-state index contributed by atoms with van der Waals surface area (Å²) in [5, 5.41) is 10.5. The Morgan fingerprint density at radius 1 is 1.13 bits per heavy atom. The van der Waals surface area contributed by atoms with Gasteiger partial charge < -0.3 is 10.5 Å². The molecule has 1 aromatic heterocycles. The standard InChI is InChI=1S/C23H16ClN3OS2/c24-14-8-6-13(7-9-14)19-16(12-25)22(26)28-18-11-10-17-21(20(18)19)30-23(29)27(17)15-4-2-1-3-5-15/h1-9,19H,10-11,26H2. The zero-order valence-corrected chi connectivity index (χ0v) is 18.2. The van der Waals surface area contributed by atoms with Crippen LogP contribution in [-0.2, 0) is 11.2 Å². The third kappa shape index (κ3) is 2.98. The minimum atomic E-state index is -0.313. The molecule has 0 radical (unpaired) electrons. The third-order valence-corrected chi connectivity index (χ3v) is 7.15. The number of nitrogens with zero attached hydrogens (tertiary/aromatic N) is 2. The Balaban J connectivity index is 1.74. The average molecular weight is 450 g/mol. The van der Waals surface area contributed by atoms with Crippen LogP contribution in [0.25, 0.3) is 11.3 Å². The maximum atomic E-state index is 9.88. The molecule has 4 nitrogen and oxygen atoms in total. The number of allylic oxidation sites excluding steroid dienone is 3. The first-order chi connectivity index (χ1) is 14.6. The van der Waals surface area contributed by atoms with Crippen molar-refractivity contribution >= 4 is 40.7 Å². The summed E-state index contributed by atoms with van der Waals surface area (Å²) >= 11 is 13.4. The van der Waals surface area contributed by atoms with E-state index in [1.165, 1.54) is 0 Å². The molecule has 30 heavy (non-hydrogen) atoms. The minimum Gasteiger partial charge on any atom is -0.444 e. The van der Waals surface area contributed by atoms with E-state index < -0.39 is 0 Å². The van der Waals surface area contributed by atoms with E-state index in [-0.39, 0.29) is 11.8 Å². The van der Waals surface area contributed by atoms with Crippen LogP contribution in [0.5, 0.6) is 0 Å². The molecular formula is C23H16ClN3OS2. The molecule has 148 valence electrons. The first-order valence-electron chi connectivity index (χ1n) is 9.45. The molecule has 5 rings (SSSR count). The summed E-state index contributed by atoms with van der Waals surface area (Å²) in [5.74, 6) is 0.675. The van der Waals surface area contributed by atoms with Gasteiger partial charge in [0.2, 0.25) is 5.88 Å². The van der Waals surface area contributed by atoms with E-state index in [1.807, 2.05) is 42.5 Å². The Morgan fingerprint density at radius 2 is 1.87 bits per heavy atom. The van der Waals surface area contributed by atoms with Crippen molar-refractivity contribution in [1.29, 1.82) is 5.26 Å². The van der Waals surface area contributed by atoms with Gasteiger partial charge in [0, 0.05) is 28.4 Å². The summed E-state index contributed by atoms with van der Waals surface area (Å²) in [7, 11) is 0. The van der Waals surface area contributed by atoms with Crippen molar-refractivity contribution in [3.8, 4) is 11.8 Å². The van der Waals surface area contributed by atoms with Gasteiger partial charge in [0.1, 0.15) is 17.4 Å². The van der Waals surface area contributed by atoms with Crippen LogP contribution in [0.15, 0.2) is 71.8 Å². The molecule has 2 aliphatic rings. The number of rotatable bonds is 2. The zero-order valence-electron chi connectivity index (χ0n) is 15.8. The number of hydrogen-bond donors (Lipinski definition) is 1. The largest absolute Gasteiger partial charge is 0.444 e. The number of thiazole rings is 1. The van der Waals surface area contributed by atoms with Gasteiger partial charge in [0.05, 0.1) is 10.8 Å². The lowest BCUT2D eigenvalue weighted by atomic mass is 9.79. The highest BCUT2D eigenvalue weighted by Crippen LogP contribution is 2.50. The van der Waals surface area contributed by atoms with Crippen molar-refractivity contribution in [2.75, 3.05) is 0 Å². The molecule has 1 aliphatic heterocycles. The second-order valence-corrected chi connectivity index (χ2v) is 9.21. The van der Waals surface area contributed by atoms with Gasteiger partial charge in [-0.05, 0) is 48.5 Å². The lowest BCUT2D eigenvalue weighted by molar-refractivity contribution is 0.273. The number of halogens is 1. The Bertz CT molecular complexity index is 1310. The highest BCUT2D eigenvalue weighted by atomic mass is 35.5. The summed E-state index contributed by atoms with van der Waals surface area (Å²) in [6, 6.07) is 19.9. The van der Waals surface area contributed by atoms with Crippen LogP contribution < -0.4 is 5.73 Å². The lowest BCUT2D eigenvalue weighted by Crippen LogP contribution is -2.23. The highest BCUT2D eigenvalue weighted by Gasteiger charge is 2.38. The molecular weight excluding hydrogens is 434 g/mol. The van der Waals surface area contributed by atoms with E-state index in [2.05, 4.69) is 22.8 Å². The van der Waals surface area contributed by atoms with Gasteiger partial charge in [0.25, 0.3) is 0 Å². The van der Waals surface area contributed by atoms with Crippen LogP contribution in [0.2, 0.25) is 5.02 Å². The maximum Gasteiger partial charge on any atom is 0.205 e. The van der Waals surface area contributed by atoms with Crippen LogP contribution in [0.3, 0.4) is 0 Å². The molecule has 0 fully saturated rings. The van der Waals surface area contributed by atoms with Crippen molar-refractivity contribution in [2.45, 2.75) is 18.8 Å². The van der Waals surface area contributed by atoms with Gasteiger partial charge in [0.15, 0.2) is 3.95 Å². The van der Waals surface area contributed by atoms with Crippen LogP contribution >= 0.6 is 35.2 Å². The van der Waals surface area contributed by atoms with Crippen LogP contribution in [0.4, 0.5) is 0 Å². The molecule has 0 saturated heterocycles. The number of nitriles is 1. The molecule has 0 amide bonds. The summed E-state index contributed by atoms with van der Waals surface area (Å²) in [6.07, 6.45) is 1.49. The van der Waals surface area contributed by atoms with E-state index in [0.29, 0.717) is 17.0 Å². The monoisotopic (exact) mass is 449 g/mol. The molecule has 2 heterocycles. The number of fused-ring (bicyclic) bond motifs is 2. The average Bonchev–Trinajstić information content (AvgIpc) is 3.10. The molecule has 3 aromatic rings. The topological polar surface area (TPSA) is 64.0 Å². The quantitative estimate of drug-likeness (QED) is 0.481. The molecule has 2 N–H and O–H groups in total. The Kier molecular flexibility index (Phi) is 4.75. The number of hydrogen-bond acceptors (Lipinski definition) is 5. The number of ether oxygens (including phenoxy) is 1. The first kappa shape index (κ1) is 19.1. The molecule has 0 spiro atoms. The fraction of sp³-hybridized carbons (Fsp3) is 0.130.